The normalized spacial score (nSPS) is 17.4. The van der Waals surface area contributed by atoms with Gasteiger partial charge in [-0.3, -0.25) is 9.69 Å². The summed E-state index contributed by atoms with van der Waals surface area (Å²) in [4.78, 5) is 13.2. The molecule has 1 saturated heterocycles. The molecule has 2 rings (SSSR count). The number of hydrogen-bond acceptors (Lipinski definition) is 6. The van der Waals surface area contributed by atoms with Crippen LogP contribution >= 0.6 is 12.4 Å². The fourth-order valence-electron chi connectivity index (χ4n) is 2.41. The average molecular weight is 421 g/mol. The maximum absolute atomic E-state index is 13.2. The topological polar surface area (TPSA) is 104 Å². The van der Waals surface area contributed by atoms with Gasteiger partial charge >= 0.3 is 6.18 Å². The Morgan fingerprint density at radius 2 is 1.96 bits per heavy atom. The van der Waals surface area contributed by atoms with Crippen molar-refractivity contribution < 1.29 is 30.8 Å². The molecule has 26 heavy (non-hydrogen) atoms. The summed E-state index contributed by atoms with van der Waals surface area (Å²) in [6.45, 7) is 0.641. The van der Waals surface area contributed by atoms with Crippen molar-refractivity contribution in [2.75, 3.05) is 39.8 Å². The van der Waals surface area contributed by atoms with Crippen LogP contribution in [0.3, 0.4) is 0 Å². The van der Waals surface area contributed by atoms with E-state index in [1.165, 1.54) is 11.9 Å². The molecule has 3 N–H and O–H groups in total. The molecule has 1 unspecified atom stereocenters. The zero-order chi connectivity index (χ0) is 18.7. The molecule has 13 heteroatoms. The number of nitrogens with one attached hydrogen (secondary N) is 3. The molecule has 0 aliphatic carbocycles. The van der Waals surface area contributed by atoms with Crippen LogP contribution in [0.5, 0.6) is 0 Å². The standard InChI is InChI=1S/C13H19F3N4O4S.ClH/c1-17-25(22,23)11-3-2-9(24-11)12(21)19-8-10(13(14,15)16)20-6-4-18-5-7-20;/h2-3,10,17-18H,4-8H2,1H3,(H,19,21);1H. The molecular formula is C13H20ClF3N4O4S. The zero-order valence-electron chi connectivity index (χ0n) is 13.8. The first-order valence-corrected chi connectivity index (χ1v) is 8.96. The van der Waals surface area contributed by atoms with Crippen molar-refractivity contribution >= 4 is 28.3 Å². The Bertz CT molecular complexity index is 704. The van der Waals surface area contributed by atoms with Crippen LogP contribution in [0.4, 0.5) is 13.2 Å². The molecule has 150 valence electrons. The number of piperazine rings is 1. The quantitative estimate of drug-likeness (QED) is 0.606. The van der Waals surface area contributed by atoms with Crippen molar-refractivity contribution in [1.29, 1.82) is 0 Å². The van der Waals surface area contributed by atoms with E-state index in [0.29, 0.717) is 13.1 Å². The predicted octanol–water partition coefficient (Wildman–Crippen LogP) is 0.175. The van der Waals surface area contributed by atoms with Crippen molar-refractivity contribution in [3.63, 3.8) is 0 Å². The second-order valence-electron chi connectivity index (χ2n) is 5.38. The van der Waals surface area contributed by atoms with Crippen LogP contribution in [0.25, 0.3) is 0 Å². The first-order valence-electron chi connectivity index (χ1n) is 7.48. The summed E-state index contributed by atoms with van der Waals surface area (Å²) in [5.41, 5.74) is 0. The molecule has 0 bridgehead atoms. The van der Waals surface area contributed by atoms with Gasteiger partial charge in [0, 0.05) is 32.7 Å². The molecule has 0 saturated carbocycles. The summed E-state index contributed by atoms with van der Waals surface area (Å²) >= 11 is 0. The van der Waals surface area contributed by atoms with Crippen molar-refractivity contribution in [2.45, 2.75) is 17.3 Å². The van der Waals surface area contributed by atoms with Crippen LogP contribution in [-0.2, 0) is 10.0 Å². The minimum Gasteiger partial charge on any atom is -0.438 e. The van der Waals surface area contributed by atoms with E-state index in [0.717, 1.165) is 12.1 Å². The molecule has 0 radical (unpaired) electrons. The minimum absolute atomic E-state index is 0. The van der Waals surface area contributed by atoms with Gasteiger partial charge in [-0.1, -0.05) is 0 Å². The Morgan fingerprint density at radius 1 is 1.35 bits per heavy atom. The number of amides is 1. The first kappa shape index (κ1) is 22.7. The summed E-state index contributed by atoms with van der Waals surface area (Å²) in [5.74, 6) is -1.29. The van der Waals surface area contributed by atoms with Crippen LogP contribution < -0.4 is 15.4 Å². The van der Waals surface area contributed by atoms with Gasteiger partial charge in [0.2, 0.25) is 5.09 Å². The lowest BCUT2D eigenvalue weighted by molar-refractivity contribution is -0.183. The molecule has 1 aliphatic rings. The first-order chi connectivity index (χ1) is 11.6. The highest BCUT2D eigenvalue weighted by atomic mass is 35.5. The Labute approximate surface area is 154 Å². The molecule has 2 heterocycles. The summed E-state index contributed by atoms with van der Waals surface area (Å²) < 4.78 is 69.7. The lowest BCUT2D eigenvalue weighted by atomic mass is 10.2. The van der Waals surface area contributed by atoms with E-state index in [1.54, 1.807) is 0 Å². The predicted molar refractivity (Wildman–Crippen MR) is 88.8 cm³/mol. The van der Waals surface area contributed by atoms with Crippen LogP contribution in [-0.4, -0.2) is 71.2 Å². The van der Waals surface area contributed by atoms with E-state index in [9.17, 15) is 26.4 Å². The monoisotopic (exact) mass is 420 g/mol. The third-order valence-electron chi connectivity index (χ3n) is 3.76. The van der Waals surface area contributed by atoms with Crippen LogP contribution in [0.2, 0.25) is 0 Å². The van der Waals surface area contributed by atoms with Crippen molar-refractivity contribution in [2.24, 2.45) is 0 Å². The summed E-state index contributed by atoms with van der Waals surface area (Å²) in [7, 11) is -2.71. The highest BCUT2D eigenvalue weighted by molar-refractivity contribution is 7.89. The van der Waals surface area contributed by atoms with E-state index >= 15 is 0 Å². The number of halogens is 4. The highest BCUT2D eigenvalue weighted by Crippen LogP contribution is 2.25. The van der Waals surface area contributed by atoms with Gasteiger partial charge in [-0.05, 0) is 19.2 Å². The Hall–Kier alpha value is -1.34. The fraction of sp³-hybridized carbons (Fsp3) is 0.615. The van der Waals surface area contributed by atoms with Gasteiger partial charge in [-0.2, -0.15) is 13.2 Å². The molecule has 8 nitrogen and oxygen atoms in total. The van der Waals surface area contributed by atoms with E-state index < -0.39 is 39.8 Å². The molecule has 1 aromatic heterocycles. The van der Waals surface area contributed by atoms with Crippen molar-refractivity contribution in [3.05, 3.63) is 17.9 Å². The van der Waals surface area contributed by atoms with E-state index in [2.05, 4.69) is 10.6 Å². The Balaban J connectivity index is 0.00000338. The molecule has 0 spiro atoms. The summed E-state index contributed by atoms with van der Waals surface area (Å²) in [6, 6.07) is 0.319. The van der Waals surface area contributed by atoms with E-state index in [1.807, 2.05) is 4.72 Å². The van der Waals surface area contributed by atoms with Gasteiger partial charge in [-0.25, -0.2) is 13.1 Å². The minimum atomic E-state index is -4.51. The highest BCUT2D eigenvalue weighted by Gasteiger charge is 2.44. The smallest absolute Gasteiger partial charge is 0.405 e. The molecule has 1 aliphatic heterocycles. The van der Waals surface area contributed by atoms with E-state index in [4.69, 9.17) is 4.42 Å². The number of carbonyl (C=O) groups is 1. The van der Waals surface area contributed by atoms with Gasteiger partial charge < -0.3 is 15.1 Å². The molecule has 1 aromatic rings. The van der Waals surface area contributed by atoms with Crippen LogP contribution in [0.15, 0.2) is 21.6 Å². The van der Waals surface area contributed by atoms with Crippen molar-refractivity contribution in [3.8, 4) is 0 Å². The second kappa shape index (κ2) is 9.04. The van der Waals surface area contributed by atoms with Crippen LogP contribution in [0, 0.1) is 0 Å². The summed E-state index contributed by atoms with van der Waals surface area (Å²) in [6.07, 6.45) is -4.51. The number of sulfonamides is 1. The maximum atomic E-state index is 13.2. The fourth-order valence-corrected chi connectivity index (χ4v) is 3.06. The van der Waals surface area contributed by atoms with Gasteiger partial charge in [0.1, 0.15) is 6.04 Å². The largest absolute Gasteiger partial charge is 0.438 e. The van der Waals surface area contributed by atoms with Crippen LogP contribution in [0.1, 0.15) is 10.6 Å². The molecule has 1 amide bonds. The summed E-state index contributed by atoms with van der Waals surface area (Å²) in [5, 5.41) is 4.62. The number of nitrogens with zero attached hydrogens (tertiary/aromatic N) is 1. The molecule has 1 fully saturated rings. The SMILES string of the molecule is CNS(=O)(=O)c1ccc(C(=O)NCC(N2CCNCC2)C(F)(F)F)o1.Cl. The van der Waals surface area contributed by atoms with Gasteiger partial charge in [0.05, 0.1) is 0 Å². The third-order valence-corrected chi connectivity index (χ3v) is 5.05. The third kappa shape index (κ3) is 5.58. The average Bonchev–Trinajstić information content (AvgIpc) is 3.05. The lowest BCUT2D eigenvalue weighted by Gasteiger charge is -2.35. The number of alkyl halides is 3. The second-order valence-corrected chi connectivity index (χ2v) is 7.20. The maximum Gasteiger partial charge on any atom is 0.405 e. The van der Waals surface area contributed by atoms with E-state index in [-0.39, 0.29) is 31.3 Å². The number of furan rings is 1. The molecule has 0 aromatic carbocycles. The molecular weight excluding hydrogens is 401 g/mol. The molecule has 1 atom stereocenters. The van der Waals surface area contributed by atoms with Gasteiger partial charge in [-0.15, -0.1) is 12.4 Å². The Morgan fingerprint density at radius 3 is 2.50 bits per heavy atom. The lowest BCUT2D eigenvalue weighted by Crippen LogP contribution is -2.57. The number of hydrogen-bond donors (Lipinski definition) is 3. The number of rotatable bonds is 6. The van der Waals surface area contributed by atoms with Crippen molar-refractivity contribution in [1.82, 2.24) is 20.3 Å². The Kier molecular flexibility index (Phi) is 7.89. The van der Waals surface area contributed by atoms with Gasteiger partial charge in [0.15, 0.2) is 5.76 Å². The van der Waals surface area contributed by atoms with Gasteiger partial charge in [0.25, 0.3) is 15.9 Å². The number of carbonyl (C=O) groups excluding carboxylic acids is 1. The zero-order valence-corrected chi connectivity index (χ0v) is 15.4.